The monoisotopic (exact) mass is 351 g/mol. The number of amides is 2. The van der Waals surface area contributed by atoms with Gasteiger partial charge in [-0.15, -0.1) is 12.4 Å². The second kappa shape index (κ2) is 7.53. The van der Waals surface area contributed by atoms with Gasteiger partial charge in [-0.3, -0.25) is 9.59 Å². The molecule has 2 aliphatic carbocycles. The van der Waals surface area contributed by atoms with Crippen molar-refractivity contribution in [2.45, 2.75) is 44.6 Å². The Labute approximate surface area is 149 Å². The van der Waals surface area contributed by atoms with E-state index in [1.165, 1.54) is 0 Å². The molecule has 0 radical (unpaired) electrons. The molecule has 24 heavy (non-hydrogen) atoms. The van der Waals surface area contributed by atoms with Crippen LogP contribution in [0.4, 0.5) is 5.69 Å². The molecule has 0 aromatic heterocycles. The zero-order chi connectivity index (χ0) is 16.4. The lowest BCUT2D eigenvalue weighted by molar-refractivity contribution is -0.117. The molecule has 0 spiro atoms. The van der Waals surface area contributed by atoms with E-state index >= 15 is 0 Å². The zero-order valence-electron chi connectivity index (χ0n) is 14.0. The van der Waals surface area contributed by atoms with Crippen LogP contribution < -0.4 is 16.4 Å². The van der Waals surface area contributed by atoms with Gasteiger partial charge in [0.2, 0.25) is 5.91 Å². The molecule has 2 amide bonds. The van der Waals surface area contributed by atoms with Crippen LogP contribution >= 0.6 is 12.4 Å². The Balaban J connectivity index is 0.00000208. The summed E-state index contributed by atoms with van der Waals surface area (Å²) in [6.07, 6.45) is 5.09. The molecule has 2 unspecified atom stereocenters. The number of nitrogens with one attached hydrogen (secondary N) is 2. The molecule has 0 bridgehead atoms. The smallest absolute Gasteiger partial charge is 0.251 e. The molecule has 2 atom stereocenters. The average molecular weight is 352 g/mol. The molecule has 1 aromatic carbocycles. The molecular formula is C18H26ClN3O2. The molecule has 2 fully saturated rings. The van der Waals surface area contributed by atoms with Crippen molar-refractivity contribution in [2.24, 2.45) is 17.6 Å². The summed E-state index contributed by atoms with van der Waals surface area (Å²) in [6, 6.07) is 7.06. The summed E-state index contributed by atoms with van der Waals surface area (Å²) in [7, 11) is 0. The van der Waals surface area contributed by atoms with Crippen LogP contribution in [0.2, 0.25) is 0 Å². The lowest BCUT2D eigenvalue weighted by atomic mass is 9.97. The van der Waals surface area contributed by atoms with Gasteiger partial charge < -0.3 is 16.4 Å². The molecule has 0 aliphatic heterocycles. The normalized spacial score (nSPS) is 23.9. The minimum atomic E-state index is -0.244. The van der Waals surface area contributed by atoms with Crippen LogP contribution in [0.25, 0.3) is 0 Å². The minimum absolute atomic E-state index is 0. The SMILES string of the molecule is CC1CC1C(=O)Nc1ccc(C(=O)NC2(CN)CCCC2)cc1.Cl. The molecule has 3 rings (SSSR count). The van der Waals surface area contributed by atoms with Gasteiger partial charge >= 0.3 is 0 Å². The molecule has 0 saturated heterocycles. The largest absolute Gasteiger partial charge is 0.345 e. The van der Waals surface area contributed by atoms with E-state index in [0.717, 1.165) is 37.8 Å². The van der Waals surface area contributed by atoms with Crippen molar-refractivity contribution in [1.82, 2.24) is 5.32 Å². The number of carbonyl (C=O) groups is 2. The Morgan fingerprint density at radius 1 is 1.21 bits per heavy atom. The van der Waals surface area contributed by atoms with E-state index in [0.29, 0.717) is 18.0 Å². The Kier molecular flexibility index (Phi) is 5.88. The minimum Gasteiger partial charge on any atom is -0.345 e. The van der Waals surface area contributed by atoms with E-state index in [-0.39, 0.29) is 35.7 Å². The Bertz CT molecular complexity index is 597. The summed E-state index contributed by atoms with van der Waals surface area (Å²) in [5, 5.41) is 6.00. The van der Waals surface area contributed by atoms with Gasteiger partial charge in [0.15, 0.2) is 0 Å². The quantitative estimate of drug-likeness (QED) is 0.762. The van der Waals surface area contributed by atoms with E-state index in [1.807, 2.05) is 0 Å². The second-order valence-corrected chi connectivity index (χ2v) is 7.03. The van der Waals surface area contributed by atoms with Gasteiger partial charge in [0.25, 0.3) is 5.91 Å². The zero-order valence-corrected chi connectivity index (χ0v) is 14.8. The number of anilines is 1. The number of carbonyl (C=O) groups excluding carboxylic acids is 2. The summed E-state index contributed by atoms with van der Waals surface area (Å²) in [6.45, 7) is 2.56. The standard InChI is InChI=1S/C18H25N3O2.ClH/c1-12-10-15(12)17(23)20-14-6-4-13(5-7-14)16(22)21-18(11-19)8-2-3-9-18;/h4-7,12,15H,2-3,8-11,19H2,1H3,(H,20,23)(H,21,22);1H. The first-order chi connectivity index (χ1) is 11.0. The molecule has 6 heteroatoms. The molecule has 1 aromatic rings. The van der Waals surface area contributed by atoms with Gasteiger partial charge in [0.1, 0.15) is 0 Å². The highest BCUT2D eigenvalue weighted by atomic mass is 35.5. The molecular weight excluding hydrogens is 326 g/mol. The third kappa shape index (κ3) is 4.08. The molecule has 4 N–H and O–H groups in total. The predicted octanol–water partition coefficient (Wildman–Crippen LogP) is 2.70. The highest BCUT2D eigenvalue weighted by Crippen LogP contribution is 2.38. The van der Waals surface area contributed by atoms with Crippen LogP contribution in [0.5, 0.6) is 0 Å². The van der Waals surface area contributed by atoms with Crippen molar-refractivity contribution in [3.05, 3.63) is 29.8 Å². The average Bonchev–Trinajstić information content (AvgIpc) is 3.10. The van der Waals surface area contributed by atoms with E-state index in [9.17, 15) is 9.59 Å². The fourth-order valence-corrected chi connectivity index (χ4v) is 3.37. The lowest BCUT2D eigenvalue weighted by Gasteiger charge is -2.28. The van der Waals surface area contributed by atoms with Crippen LogP contribution in [-0.4, -0.2) is 23.9 Å². The molecule has 132 valence electrons. The fraction of sp³-hybridized carbons (Fsp3) is 0.556. The highest BCUT2D eigenvalue weighted by Gasteiger charge is 2.39. The van der Waals surface area contributed by atoms with Crippen molar-refractivity contribution in [2.75, 3.05) is 11.9 Å². The van der Waals surface area contributed by atoms with Crippen molar-refractivity contribution in [1.29, 1.82) is 0 Å². The summed E-state index contributed by atoms with van der Waals surface area (Å²) < 4.78 is 0. The summed E-state index contributed by atoms with van der Waals surface area (Å²) in [5.74, 6) is 0.609. The first-order valence-electron chi connectivity index (χ1n) is 8.46. The van der Waals surface area contributed by atoms with Crippen LogP contribution in [0.15, 0.2) is 24.3 Å². The first-order valence-corrected chi connectivity index (χ1v) is 8.46. The van der Waals surface area contributed by atoms with E-state index in [4.69, 9.17) is 5.73 Å². The van der Waals surface area contributed by atoms with Crippen LogP contribution in [0, 0.1) is 11.8 Å². The lowest BCUT2D eigenvalue weighted by Crippen LogP contribution is -2.51. The van der Waals surface area contributed by atoms with Gasteiger partial charge in [0, 0.05) is 23.7 Å². The maximum absolute atomic E-state index is 12.4. The maximum Gasteiger partial charge on any atom is 0.251 e. The maximum atomic E-state index is 12.4. The van der Waals surface area contributed by atoms with Gasteiger partial charge in [-0.05, 0) is 49.4 Å². The van der Waals surface area contributed by atoms with Crippen LogP contribution in [0.3, 0.4) is 0 Å². The van der Waals surface area contributed by atoms with Gasteiger partial charge in [-0.2, -0.15) is 0 Å². The van der Waals surface area contributed by atoms with Crippen molar-refractivity contribution < 1.29 is 9.59 Å². The molecule has 2 saturated carbocycles. The Morgan fingerprint density at radius 3 is 2.29 bits per heavy atom. The summed E-state index contributed by atoms with van der Waals surface area (Å²) >= 11 is 0. The number of rotatable bonds is 5. The highest BCUT2D eigenvalue weighted by molar-refractivity contribution is 5.97. The van der Waals surface area contributed by atoms with Crippen molar-refractivity contribution >= 4 is 29.9 Å². The van der Waals surface area contributed by atoms with Gasteiger partial charge in [-0.25, -0.2) is 0 Å². The molecule has 2 aliphatic rings. The van der Waals surface area contributed by atoms with E-state index < -0.39 is 0 Å². The van der Waals surface area contributed by atoms with Crippen LogP contribution in [-0.2, 0) is 4.79 Å². The van der Waals surface area contributed by atoms with Crippen molar-refractivity contribution in [3.63, 3.8) is 0 Å². The molecule has 0 heterocycles. The van der Waals surface area contributed by atoms with Gasteiger partial charge in [0.05, 0.1) is 5.54 Å². The Morgan fingerprint density at radius 2 is 1.79 bits per heavy atom. The number of hydrogen-bond acceptors (Lipinski definition) is 3. The topological polar surface area (TPSA) is 84.2 Å². The van der Waals surface area contributed by atoms with E-state index in [2.05, 4.69) is 17.6 Å². The predicted molar refractivity (Wildman–Crippen MR) is 97.3 cm³/mol. The van der Waals surface area contributed by atoms with Crippen LogP contribution in [0.1, 0.15) is 49.4 Å². The summed E-state index contributed by atoms with van der Waals surface area (Å²) in [4.78, 5) is 24.3. The van der Waals surface area contributed by atoms with Crippen molar-refractivity contribution in [3.8, 4) is 0 Å². The number of halogens is 1. The third-order valence-electron chi connectivity index (χ3n) is 5.19. The first kappa shape index (κ1) is 18.7. The number of hydrogen-bond donors (Lipinski definition) is 3. The second-order valence-electron chi connectivity index (χ2n) is 7.03. The third-order valence-corrected chi connectivity index (χ3v) is 5.19. The summed E-state index contributed by atoms with van der Waals surface area (Å²) in [5.41, 5.74) is 6.95. The molecule has 5 nitrogen and oxygen atoms in total. The number of benzene rings is 1. The fourth-order valence-electron chi connectivity index (χ4n) is 3.37. The number of nitrogens with two attached hydrogens (primary N) is 1. The van der Waals surface area contributed by atoms with Gasteiger partial charge in [-0.1, -0.05) is 19.8 Å². The Hall–Kier alpha value is -1.59. The van der Waals surface area contributed by atoms with E-state index in [1.54, 1.807) is 24.3 Å².